The monoisotopic (exact) mass is 437 g/mol. The van der Waals surface area contributed by atoms with Crippen LogP contribution < -0.4 is 4.74 Å². The quantitative estimate of drug-likeness (QED) is 0.586. The Labute approximate surface area is 181 Å². The molecule has 0 bridgehead atoms. The number of carbonyl (C=O) groups excluding carboxylic acids is 1. The molecule has 32 heavy (non-hydrogen) atoms. The maximum atomic E-state index is 13.7. The first kappa shape index (κ1) is 19.0. The highest BCUT2D eigenvalue weighted by molar-refractivity contribution is 6.00. The van der Waals surface area contributed by atoms with Crippen LogP contribution in [0.2, 0.25) is 0 Å². The molecule has 0 unspecified atom stereocenters. The maximum Gasteiger partial charge on any atom is 0.525 e. The fourth-order valence-electron chi connectivity index (χ4n) is 4.59. The zero-order chi connectivity index (χ0) is 21.8. The molecule has 6 rings (SSSR count). The lowest BCUT2D eigenvalue weighted by molar-refractivity contribution is -0.428. The summed E-state index contributed by atoms with van der Waals surface area (Å²) in [6, 6.07) is 4.98. The average Bonchev–Trinajstić information content (AvgIpc) is 3.43. The van der Waals surface area contributed by atoms with E-state index in [2.05, 4.69) is 15.1 Å². The van der Waals surface area contributed by atoms with Gasteiger partial charge in [0.2, 0.25) is 5.84 Å². The van der Waals surface area contributed by atoms with Gasteiger partial charge in [-0.25, -0.2) is 18.7 Å². The Morgan fingerprint density at radius 1 is 1.12 bits per heavy atom. The molecule has 2 aromatic heterocycles. The number of benzene rings is 1. The Balaban J connectivity index is 1.14. The van der Waals surface area contributed by atoms with Crippen molar-refractivity contribution >= 4 is 23.7 Å². The highest BCUT2D eigenvalue weighted by atomic mass is 19.1. The number of carbonyl (C=O) groups is 1. The van der Waals surface area contributed by atoms with Crippen LogP contribution in [-0.4, -0.2) is 48.1 Å². The van der Waals surface area contributed by atoms with Gasteiger partial charge in [-0.15, -0.1) is 0 Å². The smallest absolute Gasteiger partial charge is 0.461 e. The summed E-state index contributed by atoms with van der Waals surface area (Å²) in [6.45, 7) is 0. The van der Waals surface area contributed by atoms with Gasteiger partial charge in [0.25, 0.3) is 0 Å². The van der Waals surface area contributed by atoms with Gasteiger partial charge in [0.15, 0.2) is 0 Å². The molecule has 2 fully saturated rings. The van der Waals surface area contributed by atoms with Crippen molar-refractivity contribution in [2.24, 2.45) is 11.0 Å². The fourth-order valence-corrected chi connectivity index (χ4v) is 4.59. The lowest BCUT2D eigenvalue weighted by Gasteiger charge is -2.31. The van der Waals surface area contributed by atoms with Crippen molar-refractivity contribution in [2.45, 2.75) is 37.8 Å². The van der Waals surface area contributed by atoms with E-state index < -0.39 is 17.7 Å². The third-order valence-electron chi connectivity index (χ3n) is 6.17. The molecule has 1 aromatic carbocycles. The van der Waals surface area contributed by atoms with Gasteiger partial charge < -0.3 is 4.74 Å². The van der Waals surface area contributed by atoms with Crippen molar-refractivity contribution in [3.63, 3.8) is 0 Å². The van der Waals surface area contributed by atoms with Crippen molar-refractivity contribution in [2.75, 3.05) is 0 Å². The normalized spacial score (nSPS) is 25.9. The van der Waals surface area contributed by atoms with E-state index in [1.54, 1.807) is 34.0 Å². The first-order valence-corrected chi connectivity index (χ1v) is 10.5. The summed E-state index contributed by atoms with van der Waals surface area (Å²) in [5, 5.41) is 4.43. The zero-order valence-electron chi connectivity index (χ0n) is 16.9. The number of amidine groups is 1. The molecule has 8 nitrogen and oxygen atoms in total. The molecule has 162 valence electrons. The van der Waals surface area contributed by atoms with Gasteiger partial charge in [0.05, 0.1) is 0 Å². The number of hydrogen-bond acceptors (Lipinski definition) is 5. The molecule has 2 aliphatic heterocycles. The summed E-state index contributed by atoms with van der Waals surface area (Å²) in [5.41, 5.74) is 1.21. The van der Waals surface area contributed by atoms with Crippen LogP contribution in [-0.2, 0) is 0 Å². The molecule has 0 spiro atoms. The second kappa shape index (κ2) is 7.18. The minimum Gasteiger partial charge on any atom is -0.461 e. The topological polar surface area (TPSA) is 75.1 Å². The lowest BCUT2D eigenvalue weighted by atomic mass is 9.83. The maximum absolute atomic E-state index is 13.7. The number of hydrogen-bond donors (Lipinski definition) is 0. The molecular weight excluding hydrogens is 418 g/mol. The SMILES string of the molecule is O=C1N2C(=N/[N+]1=C\C1CC(Oc3nccc4nccn34)C1)CC[C@H]2c1cc(F)cc(F)c1. The lowest BCUT2D eigenvalue weighted by Crippen LogP contribution is -2.38. The molecule has 1 saturated carbocycles. The highest BCUT2D eigenvalue weighted by Crippen LogP contribution is 2.37. The predicted octanol–water partition coefficient (Wildman–Crippen LogP) is 3.53. The molecular formula is C22H19F2N6O2+. The number of rotatable bonds is 4. The van der Waals surface area contributed by atoms with Crippen molar-refractivity contribution in [1.29, 1.82) is 0 Å². The van der Waals surface area contributed by atoms with E-state index in [4.69, 9.17) is 4.74 Å². The molecule has 10 heteroatoms. The first-order valence-electron chi connectivity index (χ1n) is 10.5. The summed E-state index contributed by atoms with van der Waals surface area (Å²) < 4.78 is 36.5. The van der Waals surface area contributed by atoms with E-state index in [1.807, 2.05) is 6.21 Å². The van der Waals surface area contributed by atoms with Crippen molar-refractivity contribution in [1.82, 2.24) is 19.3 Å². The Morgan fingerprint density at radius 2 is 1.94 bits per heavy atom. The van der Waals surface area contributed by atoms with E-state index in [1.165, 1.54) is 16.8 Å². The number of urea groups is 1. The Bertz CT molecular complexity index is 1280. The summed E-state index contributed by atoms with van der Waals surface area (Å²) in [6.07, 6.45) is 9.59. The van der Waals surface area contributed by atoms with Crippen LogP contribution in [0.5, 0.6) is 6.01 Å². The number of ether oxygens (including phenoxy) is 1. The number of amides is 2. The van der Waals surface area contributed by atoms with Gasteiger partial charge in [0, 0.05) is 49.0 Å². The summed E-state index contributed by atoms with van der Waals surface area (Å²) >= 11 is 0. The summed E-state index contributed by atoms with van der Waals surface area (Å²) in [7, 11) is 0. The Kier molecular flexibility index (Phi) is 4.27. The number of nitrogens with zero attached hydrogens (tertiary/aromatic N) is 6. The predicted molar refractivity (Wildman–Crippen MR) is 109 cm³/mol. The molecule has 1 atom stereocenters. The number of halogens is 2. The van der Waals surface area contributed by atoms with Gasteiger partial charge in [-0.1, -0.05) is 4.68 Å². The zero-order valence-corrected chi connectivity index (χ0v) is 16.9. The summed E-state index contributed by atoms with van der Waals surface area (Å²) in [4.78, 5) is 23.0. The van der Waals surface area contributed by atoms with E-state index in [0.717, 1.165) is 24.6 Å². The first-order chi connectivity index (χ1) is 15.5. The molecule has 4 heterocycles. The number of hydrazone groups is 1. The van der Waals surface area contributed by atoms with Crippen molar-refractivity contribution in [3.8, 4) is 6.01 Å². The number of fused-ring (bicyclic) bond motifs is 2. The molecule has 0 radical (unpaired) electrons. The molecule has 3 aromatic rings. The van der Waals surface area contributed by atoms with Gasteiger partial charge in [0.1, 0.15) is 35.6 Å². The molecule has 0 N–H and O–H groups in total. The van der Waals surface area contributed by atoms with Gasteiger partial charge >= 0.3 is 12.0 Å². The second-order valence-corrected chi connectivity index (χ2v) is 8.27. The van der Waals surface area contributed by atoms with Crippen molar-refractivity contribution in [3.05, 3.63) is 60.1 Å². The van der Waals surface area contributed by atoms with Crippen LogP contribution in [0.1, 0.15) is 37.3 Å². The largest absolute Gasteiger partial charge is 0.525 e. The van der Waals surface area contributed by atoms with Crippen LogP contribution >= 0.6 is 0 Å². The van der Waals surface area contributed by atoms with Crippen LogP contribution in [0, 0.1) is 17.6 Å². The van der Waals surface area contributed by atoms with Gasteiger partial charge in [-0.3, -0.25) is 4.40 Å². The molecule has 2 amide bonds. The van der Waals surface area contributed by atoms with Gasteiger partial charge in [-0.05, 0) is 36.1 Å². The number of aromatic nitrogens is 3. The van der Waals surface area contributed by atoms with Crippen molar-refractivity contribution < 1.29 is 23.0 Å². The second-order valence-electron chi connectivity index (χ2n) is 8.27. The van der Waals surface area contributed by atoms with Crippen LogP contribution in [0.25, 0.3) is 5.65 Å². The van der Waals surface area contributed by atoms with Gasteiger partial charge in [-0.2, -0.15) is 9.69 Å². The Morgan fingerprint density at radius 3 is 2.75 bits per heavy atom. The average molecular weight is 437 g/mol. The van der Waals surface area contributed by atoms with E-state index in [9.17, 15) is 13.6 Å². The van der Waals surface area contributed by atoms with Crippen LogP contribution in [0.15, 0.2) is 48.0 Å². The van der Waals surface area contributed by atoms with E-state index in [0.29, 0.717) is 30.3 Å². The third kappa shape index (κ3) is 3.14. The molecule has 1 aliphatic carbocycles. The standard InChI is InChI=1S/C22H19F2N6O2/c23-15-9-14(10-16(24)11-15)18-1-2-20-27-29(22(31)30(18)20)12-13-7-17(8-13)32-21-26-4-3-19-25-5-6-28(19)21/h3-6,9-13,17-18H,1-2,7-8H2/q+1/b29-12-/t13?,17?,18-/m0/s1. The third-order valence-corrected chi connectivity index (χ3v) is 6.17. The van der Waals surface area contributed by atoms with Crippen LogP contribution in [0.3, 0.4) is 0 Å². The van der Waals surface area contributed by atoms with E-state index in [-0.39, 0.29) is 18.1 Å². The number of imidazole rings is 1. The van der Waals surface area contributed by atoms with E-state index >= 15 is 0 Å². The van der Waals surface area contributed by atoms with Crippen LogP contribution in [0.4, 0.5) is 13.6 Å². The minimum absolute atomic E-state index is 0.00932. The molecule has 3 aliphatic rings. The fraction of sp³-hybridized carbons (Fsp3) is 0.318. The minimum atomic E-state index is -0.651. The molecule has 1 saturated heterocycles. The highest BCUT2D eigenvalue weighted by Gasteiger charge is 2.50. The Hall–Kier alpha value is -3.69. The summed E-state index contributed by atoms with van der Waals surface area (Å²) in [5.74, 6) is -0.534.